The minimum absolute atomic E-state index is 0.309. The maximum absolute atomic E-state index is 10.3. The van der Waals surface area contributed by atoms with Crippen molar-refractivity contribution in [1.82, 2.24) is 4.90 Å². The first kappa shape index (κ1) is 27.2. The maximum atomic E-state index is 10.3. The lowest BCUT2D eigenvalue weighted by molar-refractivity contribution is -0.159. The van der Waals surface area contributed by atoms with Crippen molar-refractivity contribution in [2.45, 2.75) is 59.5 Å². The molecule has 29 heavy (non-hydrogen) atoms. The molecule has 0 radical (unpaired) electrons. The molecule has 0 aliphatic carbocycles. The molecule has 0 aliphatic heterocycles. The molecule has 1 rings (SSSR count). The van der Waals surface area contributed by atoms with Crippen LogP contribution in [0.2, 0.25) is 5.02 Å². The Morgan fingerprint density at radius 3 is 2.21 bits per heavy atom. The molecule has 7 nitrogen and oxygen atoms in total. The number of aryl methyl sites for hydroxylation is 1. The van der Waals surface area contributed by atoms with Crippen LogP contribution in [0.3, 0.4) is 0 Å². The van der Waals surface area contributed by atoms with E-state index in [2.05, 4.69) is 32.6 Å². The normalized spacial score (nSPS) is 11.8. The van der Waals surface area contributed by atoms with E-state index < -0.39 is 18.0 Å². The highest BCUT2D eigenvalue weighted by molar-refractivity contribution is 6.31. The molecule has 0 aliphatic rings. The Labute approximate surface area is 178 Å². The number of aliphatic hydroxyl groups is 1. The second-order valence-corrected chi connectivity index (χ2v) is 7.52. The van der Waals surface area contributed by atoms with Crippen LogP contribution in [0.1, 0.15) is 57.6 Å². The molecule has 0 fully saturated rings. The summed E-state index contributed by atoms with van der Waals surface area (Å²) in [6.07, 6.45) is 1.85. The average Bonchev–Trinajstić information content (AvgIpc) is 2.65. The topological polar surface area (TPSA) is 107 Å². The number of rotatable bonds is 10. The molecule has 0 heterocycles. The van der Waals surface area contributed by atoms with Crippen LogP contribution < -0.4 is 4.74 Å². The number of aliphatic carboxylic acids is 2. The summed E-state index contributed by atoms with van der Waals surface area (Å²) < 4.78 is 5.91. The number of ether oxygens (including phenoxy) is 1. The maximum Gasteiger partial charge on any atom is 0.414 e. The van der Waals surface area contributed by atoms with Crippen molar-refractivity contribution >= 4 is 23.5 Å². The van der Waals surface area contributed by atoms with Crippen LogP contribution >= 0.6 is 11.6 Å². The van der Waals surface area contributed by atoms with Crippen molar-refractivity contribution < 1.29 is 29.6 Å². The van der Waals surface area contributed by atoms with E-state index in [-0.39, 0.29) is 0 Å². The molecule has 0 aromatic heterocycles. The van der Waals surface area contributed by atoms with Crippen molar-refractivity contribution in [2.75, 3.05) is 26.2 Å². The molecule has 1 aromatic rings. The Bertz CT molecular complexity index is 638. The minimum atomic E-state index is -1.82. The molecule has 0 spiro atoms. The first-order valence-corrected chi connectivity index (χ1v) is 10.2. The van der Waals surface area contributed by atoms with Crippen LogP contribution in [0.5, 0.6) is 5.75 Å². The summed E-state index contributed by atoms with van der Waals surface area (Å²) in [5.74, 6) is -2.49. The summed E-state index contributed by atoms with van der Waals surface area (Å²) in [6.45, 7) is 13.5. The van der Waals surface area contributed by atoms with E-state index in [4.69, 9.17) is 36.1 Å². The van der Waals surface area contributed by atoms with Crippen LogP contribution in [0.4, 0.5) is 0 Å². The van der Waals surface area contributed by atoms with Gasteiger partial charge in [-0.2, -0.15) is 0 Å². The number of hydrogen-bond donors (Lipinski definition) is 3. The molecule has 1 atom stereocenters. The quantitative estimate of drug-likeness (QED) is 0.483. The Balaban J connectivity index is 0.00000113. The third kappa shape index (κ3) is 11.1. The molecule has 1 unspecified atom stereocenters. The van der Waals surface area contributed by atoms with Crippen LogP contribution in [0, 0.1) is 6.92 Å². The molecule has 8 heteroatoms. The van der Waals surface area contributed by atoms with E-state index in [9.17, 15) is 5.11 Å². The van der Waals surface area contributed by atoms with Crippen LogP contribution in [-0.4, -0.2) is 64.5 Å². The van der Waals surface area contributed by atoms with Gasteiger partial charge in [0.2, 0.25) is 0 Å². The molecule has 0 saturated carbocycles. The van der Waals surface area contributed by atoms with Gasteiger partial charge >= 0.3 is 11.9 Å². The number of carbonyl (C=O) groups is 2. The predicted octanol–water partition coefficient (Wildman–Crippen LogP) is 3.79. The lowest BCUT2D eigenvalue weighted by Crippen LogP contribution is -2.36. The van der Waals surface area contributed by atoms with Crippen molar-refractivity contribution in [3.63, 3.8) is 0 Å². The van der Waals surface area contributed by atoms with Gasteiger partial charge in [-0.3, -0.25) is 0 Å². The summed E-state index contributed by atoms with van der Waals surface area (Å²) in [5, 5.41) is 25.8. The Morgan fingerprint density at radius 2 is 1.76 bits per heavy atom. The third-order valence-electron chi connectivity index (χ3n) is 4.27. The van der Waals surface area contributed by atoms with Gasteiger partial charge in [0, 0.05) is 11.6 Å². The second kappa shape index (κ2) is 14.2. The largest absolute Gasteiger partial charge is 0.491 e. The zero-order valence-electron chi connectivity index (χ0n) is 17.9. The van der Waals surface area contributed by atoms with E-state index in [0.717, 1.165) is 41.4 Å². The van der Waals surface area contributed by atoms with Gasteiger partial charge in [-0.25, -0.2) is 9.59 Å². The number of aliphatic hydroxyl groups excluding tert-OH is 1. The third-order valence-corrected chi connectivity index (χ3v) is 4.68. The number of carboxylic acids is 2. The highest BCUT2D eigenvalue weighted by Gasteiger charge is 2.15. The first-order chi connectivity index (χ1) is 13.5. The minimum Gasteiger partial charge on any atom is -0.491 e. The van der Waals surface area contributed by atoms with Gasteiger partial charge < -0.3 is 25.0 Å². The number of unbranched alkanes of at least 4 members (excludes halogenated alkanes) is 1. The number of carboxylic acid groups (broad SMARTS) is 2. The molecule has 1 aromatic carbocycles. The highest BCUT2D eigenvalue weighted by Crippen LogP contribution is 2.32. The van der Waals surface area contributed by atoms with Gasteiger partial charge in [-0.05, 0) is 55.6 Å². The lowest BCUT2D eigenvalue weighted by Gasteiger charge is -2.24. The lowest BCUT2D eigenvalue weighted by atomic mass is 10.0. The average molecular weight is 432 g/mol. The van der Waals surface area contributed by atoms with E-state index in [1.165, 1.54) is 6.42 Å². The number of benzene rings is 1. The van der Waals surface area contributed by atoms with E-state index >= 15 is 0 Å². The van der Waals surface area contributed by atoms with Crippen molar-refractivity contribution in [3.05, 3.63) is 28.3 Å². The molecule has 3 N–H and O–H groups in total. The van der Waals surface area contributed by atoms with Gasteiger partial charge in [0.05, 0.1) is 0 Å². The second-order valence-electron chi connectivity index (χ2n) is 7.12. The highest BCUT2D eigenvalue weighted by atomic mass is 35.5. The molecule has 0 bridgehead atoms. The van der Waals surface area contributed by atoms with Crippen molar-refractivity contribution in [2.24, 2.45) is 0 Å². The fourth-order valence-corrected chi connectivity index (χ4v) is 2.72. The van der Waals surface area contributed by atoms with Crippen LogP contribution in [0.25, 0.3) is 0 Å². The van der Waals surface area contributed by atoms with Gasteiger partial charge in [0.25, 0.3) is 0 Å². The summed E-state index contributed by atoms with van der Waals surface area (Å²) in [7, 11) is 0. The zero-order chi connectivity index (χ0) is 22.6. The van der Waals surface area contributed by atoms with E-state index in [0.29, 0.717) is 19.1 Å². The molecule has 166 valence electrons. The van der Waals surface area contributed by atoms with Crippen molar-refractivity contribution in [1.29, 1.82) is 0 Å². The molecular formula is C21H34ClNO6. The van der Waals surface area contributed by atoms with Crippen LogP contribution in [-0.2, 0) is 9.59 Å². The first-order valence-electron chi connectivity index (χ1n) is 9.82. The molecule has 0 amide bonds. The number of nitrogens with zero attached hydrogens (tertiary/aromatic N) is 1. The SMILES string of the molecule is CCCCN(CC)CC(O)COc1cc(C)c(Cl)cc1C(C)C.O=C(O)C(=O)O. The summed E-state index contributed by atoms with van der Waals surface area (Å²) in [6, 6.07) is 3.95. The van der Waals surface area contributed by atoms with E-state index in [1.54, 1.807) is 0 Å². The van der Waals surface area contributed by atoms with Crippen LogP contribution in [0.15, 0.2) is 12.1 Å². The Kier molecular flexibility index (Phi) is 13.3. The fraction of sp³-hybridized carbons (Fsp3) is 0.619. The predicted molar refractivity (Wildman–Crippen MR) is 114 cm³/mol. The number of halogens is 1. The van der Waals surface area contributed by atoms with Gasteiger partial charge in [0.1, 0.15) is 18.5 Å². The number of likely N-dealkylation sites (N-methyl/N-ethyl adjacent to an activating group) is 1. The van der Waals surface area contributed by atoms with Gasteiger partial charge in [-0.15, -0.1) is 0 Å². The van der Waals surface area contributed by atoms with Crippen molar-refractivity contribution in [3.8, 4) is 5.75 Å². The Hall–Kier alpha value is -1.83. The van der Waals surface area contributed by atoms with Gasteiger partial charge in [0.15, 0.2) is 0 Å². The summed E-state index contributed by atoms with van der Waals surface area (Å²) in [5.41, 5.74) is 2.09. The van der Waals surface area contributed by atoms with Gasteiger partial charge in [-0.1, -0.05) is 45.7 Å². The standard InChI is InChI=1S/C19H32ClNO2.C2H2O4/c1-6-8-9-21(7-2)12-16(22)13-23-19-10-15(5)18(20)11-17(19)14(3)4;3-1(4)2(5)6/h10-11,14,16,22H,6-9,12-13H2,1-5H3;(H,3,4)(H,5,6). The number of hydrogen-bond acceptors (Lipinski definition) is 5. The Morgan fingerprint density at radius 1 is 1.17 bits per heavy atom. The smallest absolute Gasteiger partial charge is 0.414 e. The monoisotopic (exact) mass is 431 g/mol. The molecular weight excluding hydrogens is 398 g/mol. The summed E-state index contributed by atoms with van der Waals surface area (Å²) >= 11 is 6.22. The van der Waals surface area contributed by atoms with E-state index in [1.807, 2.05) is 19.1 Å². The zero-order valence-corrected chi connectivity index (χ0v) is 18.7. The fourth-order valence-electron chi connectivity index (χ4n) is 2.54. The summed E-state index contributed by atoms with van der Waals surface area (Å²) in [4.78, 5) is 20.5. The molecule has 0 saturated heterocycles.